The SMILES string of the molecule is c1ccc(-c2ccccc2Nc2ccc3ccc4ccccc4c3c2)cc1. The van der Waals surface area contributed by atoms with E-state index in [0.717, 1.165) is 11.4 Å². The van der Waals surface area contributed by atoms with Crippen LogP contribution in [0.2, 0.25) is 0 Å². The summed E-state index contributed by atoms with van der Waals surface area (Å²) in [4.78, 5) is 0. The third kappa shape index (κ3) is 2.94. The number of nitrogens with one attached hydrogen (secondary N) is 1. The van der Waals surface area contributed by atoms with Gasteiger partial charge in [-0.05, 0) is 45.3 Å². The first-order chi connectivity index (χ1) is 13.4. The van der Waals surface area contributed by atoms with Crippen LogP contribution in [0, 0.1) is 0 Å². The molecule has 0 fully saturated rings. The Morgan fingerprint density at radius 2 is 1.15 bits per heavy atom. The molecule has 0 amide bonds. The van der Waals surface area contributed by atoms with Crippen molar-refractivity contribution in [1.82, 2.24) is 0 Å². The normalized spacial score (nSPS) is 11.0. The molecular formula is C26H19N. The Labute approximate surface area is 158 Å². The summed E-state index contributed by atoms with van der Waals surface area (Å²) in [6, 6.07) is 38.5. The van der Waals surface area contributed by atoms with Gasteiger partial charge in [0.15, 0.2) is 0 Å². The minimum Gasteiger partial charge on any atom is -0.355 e. The fourth-order valence-electron chi connectivity index (χ4n) is 3.70. The lowest BCUT2D eigenvalue weighted by Gasteiger charge is -2.13. The number of rotatable bonds is 3. The lowest BCUT2D eigenvalue weighted by atomic mass is 10.0. The molecule has 5 rings (SSSR count). The Bertz CT molecular complexity index is 1240. The number of para-hydroxylation sites is 1. The summed E-state index contributed by atoms with van der Waals surface area (Å²) in [6.07, 6.45) is 0. The number of fused-ring (bicyclic) bond motifs is 3. The minimum absolute atomic E-state index is 1.10. The zero-order valence-corrected chi connectivity index (χ0v) is 14.9. The second-order valence-electron chi connectivity index (χ2n) is 6.76. The Balaban J connectivity index is 1.61. The zero-order valence-electron chi connectivity index (χ0n) is 14.9. The van der Waals surface area contributed by atoms with Gasteiger partial charge in [-0.25, -0.2) is 0 Å². The molecule has 1 N–H and O–H groups in total. The van der Waals surface area contributed by atoms with Crippen molar-refractivity contribution >= 4 is 32.9 Å². The second kappa shape index (κ2) is 6.62. The van der Waals surface area contributed by atoms with Crippen LogP contribution in [0.5, 0.6) is 0 Å². The van der Waals surface area contributed by atoms with Crippen molar-refractivity contribution in [1.29, 1.82) is 0 Å². The van der Waals surface area contributed by atoms with Gasteiger partial charge in [0, 0.05) is 16.9 Å². The average molecular weight is 345 g/mol. The van der Waals surface area contributed by atoms with E-state index in [1.54, 1.807) is 0 Å². The largest absolute Gasteiger partial charge is 0.355 e. The highest BCUT2D eigenvalue weighted by Gasteiger charge is 2.06. The van der Waals surface area contributed by atoms with Gasteiger partial charge < -0.3 is 5.32 Å². The summed E-state index contributed by atoms with van der Waals surface area (Å²) >= 11 is 0. The molecule has 5 aromatic carbocycles. The highest BCUT2D eigenvalue weighted by molar-refractivity contribution is 6.08. The van der Waals surface area contributed by atoms with Crippen LogP contribution in [0.25, 0.3) is 32.7 Å². The van der Waals surface area contributed by atoms with Gasteiger partial charge in [-0.3, -0.25) is 0 Å². The first-order valence-electron chi connectivity index (χ1n) is 9.21. The predicted molar refractivity (Wildman–Crippen MR) is 117 cm³/mol. The maximum atomic E-state index is 3.63. The monoisotopic (exact) mass is 345 g/mol. The molecule has 0 aliphatic rings. The maximum Gasteiger partial charge on any atom is 0.0463 e. The Morgan fingerprint density at radius 1 is 0.481 bits per heavy atom. The van der Waals surface area contributed by atoms with Crippen molar-refractivity contribution in [2.75, 3.05) is 5.32 Å². The molecule has 0 heterocycles. The molecule has 0 spiro atoms. The first-order valence-corrected chi connectivity index (χ1v) is 9.21. The summed E-state index contributed by atoms with van der Waals surface area (Å²) in [5.41, 5.74) is 4.63. The topological polar surface area (TPSA) is 12.0 Å². The summed E-state index contributed by atoms with van der Waals surface area (Å²) in [5, 5.41) is 8.72. The minimum atomic E-state index is 1.10. The number of benzene rings is 5. The van der Waals surface area contributed by atoms with Gasteiger partial charge in [0.2, 0.25) is 0 Å². The fourth-order valence-corrected chi connectivity index (χ4v) is 3.70. The molecule has 0 bridgehead atoms. The molecule has 1 nitrogen and oxygen atoms in total. The van der Waals surface area contributed by atoms with Crippen LogP contribution in [0.1, 0.15) is 0 Å². The van der Waals surface area contributed by atoms with Crippen LogP contribution in [0.3, 0.4) is 0 Å². The fraction of sp³-hybridized carbons (Fsp3) is 0. The molecule has 128 valence electrons. The molecule has 27 heavy (non-hydrogen) atoms. The molecule has 0 aliphatic carbocycles. The molecule has 1 heteroatoms. The lowest BCUT2D eigenvalue weighted by molar-refractivity contribution is 1.55. The van der Waals surface area contributed by atoms with Gasteiger partial charge in [0.25, 0.3) is 0 Å². The van der Waals surface area contributed by atoms with Crippen molar-refractivity contribution < 1.29 is 0 Å². The molecule has 0 saturated heterocycles. The van der Waals surface area contributed by atoms with Crippen LogP contribution in [0.15, 0.2) is 109 Å². The van der Waals surface area contributed by atoms with Crippen molar-refractivity contribution in [2.45, 2.75) is 0 Å². The Morgan fingerprint density at radius 3 is 2.04 bits per heavy atom. The van der Waals surface area contributed by atoms with E-state index in [1.807, 2.05) is 6.07 Å². The van der Waals surface area contributed by atoms with E-state index in [4.69, 9.17) is 0 Å². The van der Waals surface area contributed by atoms with E-state index >= 15 is 0 Å². The molecule has 0 unspecified atom stereocenters. The van der Waals surface area contributed by atoms with E-state index in [1.165, 1.54) is 32.7 Å². The van der Waals surface area contributed by atoms with Gasteiger partial charge in [0.1, 0.15) is 0 Å². The summed E-state index contributed by atoms with van der Waals surface area (Å²) < 4.78 is 0. The molecule has 0 atom stereocenters. The van der Waals surface area contributed by atoms with Crippen LogP contribution in [0.4, 0.5) is 11.4 Å². The van der Waals surface area contributed by atoms with Crippen LogP contribution < -0.4 is 5.32 Å². The van der Waals surface area contributed by atoms with E-state index in [-0.39, 0.29) is 0 Å². The summed E-state index contributed by atoms with van der Waals surface area (Å²) in [6.45, 7) is 0. The van der Waals surface area contributed by atoms with Crippen LogP contribution in [-0.2, 0) is 0 Å². The van der Waals surface area contributed by atoms with E-state index in [0.29, 0.717) is 0 Å². The highest BCUT2D eigenvalue weighted by atomic mass is 14.9. The Kier molecular flexibility index (Phi) is 3.84. The zero-order chi connectivity index (χ0) is 18.1. The van der Waals surface area contributed by atoms with Crippen molar-refractivity contribution in [3.05, 3.63) is 109 Å². The predicted octanol–water partition coefficient (Wildman–Crippen LogP) is 7.40. The van der Waals surface area contributed by atoms with E-state index < -0.39 is 0 Å². The second-order valence-corrected chi connectivity index (χ2v) is 6.76. The van der Waals surface area contributed by atoms with Gasteiger partial charge in [-0.1, -0.05) is 91.0 Å². The third-order valence-electron chi connectivity index (χ3n) is 5.04. The molecular weight excluding hydrogens is 326 g/mol. The molecule has 5 aromatic rings. The number of anilines is 2. The Hall–Kier alpha value is -3.58. The standard InChI is InChI=1S/C26H19N/c1-2-8-19(9-3-1)24-12-6-7-13-26(24)27-22-17-16-21-15-14-20-10-4-5-11-23(20)25(21)18-22/h1-18,27H. The van der Waals surface area contributed by atoms with Crippen LogP contribution in [-0.4, -0.2) is 0 Å². The molecule has 0 radical (unpaired) electrons. The van der Waals surface area contributed by atoms with Crippen LogP contribution >= 0.6 is 0 Å². The molecule has 0 aliphatic heterocycles. The van der Waals surface area contributed by atoms with Gasteiger partial charge in [-0.2, -0.15) is 0 Å². The quantitative estimate of drug-likeness (QED) is 0.336. The lowest BCUT2D eigenvalue weighted by Crippen LogP contribution is -1.93. The van der Waals surface area contributed by atoms with Gasteiger partial charge in [0.05, 0.1) is 0 Å². The van der Waals surface area contributed by atoms with Crippen molar-refractivity contribution in [3.8, 4) is 11.1 Å². The van der Waals surface area contributed by atoms with Gasteiger partial charge in [-0.15, -0.1) is 0 Å². The maximum absolute atomic E-state index is 3.63. The first kappa shape index (κ1) is 15.7. The smallest absolute Gasteiger partial charge is 0.0463 e. The van der Waals surface area contributed by atoms with E-state index in [2.05, 4.69) is 108 Å². The third-order valence-corrected chi connectivity index (χ3v) is 5.04. The van der Waals surface area contributed by atoms with Gasteiger partial charge >= 0.3 is 0 Å². The number of hydrogen-bond donors (Lipinski definition) is 1. The molecule has 0 aromatic heterocycles. The number of hydrogen-bond acceptors (Lipinski definition) is 1. The summed E-state index contributed by atoms with van der Waals surface area (Å²) in [5.74, 6) is 0. The average Bonchev–Trinajstić information content (AvgIpc) is 2.75. The van der Waals surface area contributed by atoms with Crippen molar-refractivity contribution in [3.63, 3.8) is 0 Å². The van der Waals surface area contributed by atoms with Crippen molar-refractivity contribution in [2.24, 2.45) is 0 Å². The summed E-state index contributed by atoms with van der Waals surface area (Å²) in [7, 11) is 0. The molecule has 0 saturated carbocycles. The highest BCUT2D eigenvalue weighted by Crippen LogP contribution is 2.32. The van der Waals surface area contributed by atoms with E-state index in [9.17, 15) is 0 Å².